The molecule has 1 heterocycles. The van der Waals surface area contributed by atoms with E-state index in [2.05, 4.69) is 24.5 Å². The fourth-order valence-corrected chi connectivity index (χ4v) is 4.40. The molecule has 0 atom stereocenters. The van der Waals surface area contributed by atoms with Crippen molar-refractivity contribution in [3.63, 3.8) is 0 Å². The first kappa shape index (κ1) is 19.5. The molecule has 130 valence electrons. The fraction of sp³-hybridized carbons (Fsp3) is 0.647. The lowest BCUT2D eigenvalue weighted by atomic mass is 10.1. The SMILES string of the molecule is CSc1c2cccc1COCCSCCOCCSCCOC2. The van der Waals surface area contributed by atoms with Crippen LogP contribution in [-0.4, -0.2) is 55.7 Å². The second kappa shape index (κ2) is 12.5. The summed E-state index contributed by atoms with van der Waals surface area (Å²) in [5, 5.41) is 0. The molecule has 1 aliphatic heterocycles. The zero-order valence-corrected chi connectivity index (χ0v) is 16.2. The first-order valence-corrected chi connectivity index (χ1v) is 11.5. The van der Waals surface area contributed by atoms with E-state index in [4.69, 9.17) is 14.2 Å². The number of benzene rings is 1. The third kappa shape index (κ3) is 7.71. The third-order valence-electron chi connectivity index (χ3n) is 3.39. The van der Waals surface area contributed by atoms with Gasteiger partial charge in [-0.3, -0.25) is 0 Å². The summed E-state index contributed by atoms with van der Waals surface area (Å²) in [5.74, 6) is 4.14. The van der Waals surface area contributed by atoms with Gasteiger partial charge in [0.25, 0.3) is 0 Å². The monoisotopic (exact) mass is 374 g/mol. The summed E-state index contributed by atoms with van der Waals surface area (Å²) in [4.78, 5) is 1.31. The van der Waals surface area contributed by atoms with Crippen LogP contribution >= 0.6 is 35.3 Å². The summed E-state index contributed by atoms with van der Waals surface area (Å²) in [6, 6.07) is 6.42. The zero-order chi connectivity index (χ0) is 16.2. The number of fused-ring (bicyclic) bond motifs is 2. The van der Waals surface area contributed by atoms with Crippen molar-refractivity contribution in [3.05, 3.63) is 29.3 Å². The minimum atomic E-state index is 0.678. The average molecular weight is 375 g/mol. The van der Waals surface area contributed by atoms with Crippen molar-refractivity contribution in [2.45, 2.75) is 18.1 Å². The first-order chi connectivity index (χ1) is 11.4. The Balaban J connectivity index is 1.92. The zero-order valence-electron chi connectivity index (χ0n) is 13.8. The maximum Gasteiger partial charge on any atom is 0.0728 e. The van der Waals surface area contributed by atoms with Crippen molar-refractivity contribution in [1.82, 2.24) is 0 Å². The molecule has 1 aromatic rings. The maximum absolute atomic E-state index is 5.84. The molecule has 3 nitrogen and oxygen atoms in total. The Morgan fingerprint density at radius 3 is 1.74 bits per heavy atom. The lowest BCUT2D eigenvalue weighted by Crippen LogP contribution is -2.07. The summed E-state index contributed by atoms with van der Waals surface area (Å²) in [6.07, 6.45) is 2.13. The number of hydrogen-bond donors (Lipinski definition) is 0. The molecular formula is C17H26O3S3. The van der Waals surface area contributed by atoms with Crippen LogP contribution in [0.3, 0.4) is 0 Å². The standard InChI is InChI=1S/C17H26O3S3/c1-21-17-15-3-2-4-16(17)14-20-8-12-23-10-6-18-5-9-22-11-7-19-13-15/h2-4H,5-14H2,1H3. The fourth-order valence-electron chi connectivity index (χ4n) is 2.27. The van der Waals surface area contributed by atoms with Crippen LogP contribution in [0.1, 0.15) is 11.1 Å². The van der Waals surface area contributed by atoms with Gasteiger partial charge in [-0.1, -0.05) is 18.2 Å². The second-order valence-electron chi connectivity index (χ2n) is 5.05. The van der Waals surface area contributed by atoms with Crippen LogP contribution in [0.5, 0.6) is 0 Å². The molecule has 1 aromatic carbocycles. The van der Waals surface area contributed by atoms with E-state index in [0.29, 0.717) is 13.2 Å². The molecule has 0 saturated heterocycles. The van der Waals surface area contributed by atoms with Gasteiger partial charge < -0.3 is 14.2 Å². The summed E-state index contributed by atoms with van der Waals surface area (Å²) >= 11 is 5.58. The van der Waals surface area contributed by atoms with Gasteiger partial charge in [-0.15, -0.1) is 11.8 Å². The van der Waals surface area contributed by atoms with Crippen LogP contribution in [-0.2, 0) is 27.4 Å². The minimum absolute atomic E-state index is 0.678. The molecule has 2 rings (SSSR count). The molecule has 0 aliphatic carbocycles. The maximum atomic E-state index is 5.84. The largest absolute Gasteiger partial charge is 0.380 e. The Hall–Kier alpha value is 0.150. The Bertz CT molecular complexity index is 409. The van der Waals surface area contributed by atoms with E-state index in [1.807, 2.05) is 23.5 Å². The van der Waals surface area contributed by atoms with Crippen molar-refractivity contribution >= 4 is 35.3 Å². The van der Waals surface area contributed by atoms with E-state index in [9.17, 15) is 0 Å². The summed E-state index contributed by atoms with van der Waals surface area (Å²) < 4.78 is 17.3. The second-order valence-corrected chi connectivity index (χ2v) is 8.32. The van der Waals surface area contributed by atoms with Gasteiger partial charge in [-0.2, -0.15) is 23.5 Å². The van der Waals surface area contributed by atoms with Crippen LogP contribution in [0.2, 0.25) is 0 Å². The smallest absolute Gasteiger partial charge is 0.0728 e. The lowest BCUT2D eigenvalue weighted by molar-refractivity contribution is 0.128. The highest BCUT2D eigenvalue weighted by Crippen LogP contribution is 2.26. The Morgan fingerprint density at radius 1 is 0.783 bits per heavy atom. The van der Waals surface area contributed by atoms with E-state index in [1.54, 1.807) is 11.8 Å². The van der Waals surface area contributed by atoms with Crippen molar-refractivity contribution in [2.75, 3.05) is 55.7 Å². The molecule has 1 aliphatic rings. The van der Waals surface area contributed by atoms with E-state index in [-0.39, 0.29) is 0 Å². The molecule has 6 heteroatoms. The van der Waals surface area contributed by atoms with Crippen LogP contribution in [0.4, 0.5) is 0 Å². The Morgan fingerprint density at radius 2 is 1.26 bits per heavy atom. The van der Waals surface area contributed by atoms with Crippen molar-refractivity contribution < 1.29 is 14.2 Å². The van der Waals surface area contributed by atoms with Gasteiger partial charge in [0.15, 0.2) is 0 Å². The lowest BCUT2D eigenvalue weighted by Gasteiger charge is -2.14. The van der Waals surface area contributed by atoms with Crippen LogP contribution in [0.15, 0.2) is 23.1 Å². The van der Waals surface area contributed by atoms with Gasteiger partial charge in [0.2, 0.25) is 0 Å². The highest BCUT2D eigenvalue weighted by atomic mass is 32.2. The van der Waals surface area contributed by atoms with Crippen LogP contribution in [0, 0.1) is 0 Å². The minimum Gasteiger partial charge on any atom is -0.380 e. The van der Waals surface area contributed by atoms with Crippen LogP contribution < -0.4 is 0 Å². The molecule has 0 fully saturated rings. The van der Waals surface area contributed by atoms with Gasteiger partial charge in [0.1, 0.15) is 0 Å². The molecule has 0 saturated carbocycles. The van der Waals surface area contributed by atoms with Crippen LogP contribution in [0.25, 0.3) is 0 Å². The van der Waals surface area contributed by atoms with Crippen molar-refractivity contribution in [1.29, 1.82) is 0 Å². The predicted octanol–water partition coefficient (Wildman–Crippen LogP) is 3.94. The number of rotatable bonds is 1. The normalized spacial score (nSPS) is 19.7. The molecule has 0 spiro atoms. The number of ether oxygens (including phenoxy) is 3. The Labute approximate surface area is 152 Å². The molecule has 23 heavy (non-hydrogen) atoms. The topological polar surface area (TPSA) is 27.7 Å². The Kier molecular flexibility index (Phi) is 10.6. The molecule has 0 radical (unpaired) electrons. The summed E-state index contributed by atoms with van der Waals surface area (Å²) in [6.45, 7) is 4.60. The van der Waals surface area contributed by atoms with Crippen molar-refractivity contribution in [2.24, 2.45) is 0 Å². The molecular weight excluding hydrogens is 348 g/mol. The summed E-state index contributed by atoms with van der Waals surface area (Å²) in [5.41, 5.74) is 2.53. The highest BCUT2D eigenvalue weighted by Gasteiger charge is 2.08. The van der Waals surface area contributed by atoms with Gasteiger partial charge in [-0.25, -0.2) is 0 Å². The van der Waals surface area contributed by atoms with E-state index < -0.39 is 0 Å². The molecule has 0 amide bonds. The van der Waals surface area contributed by atoms with Gasteiger partial charge in [0, 0.05) is 27.9 Å². The third-order valence-corrected chi connectivity index (χ3v) is 6.14. The molecule has 2 bridgehead atoms. The van der Waals surface area contributed by atoms with E-state index in [1.165, 1.54) is 16.0 Å². The van der Waals surface area contributed by atoms with E-state index >= 15 is 0 Å². The number of thioether (sulfide) groups is 3. The molecule has 0 aromatic heterocycles. The number of hydrogen-bond acceptors (Lipinski definition) is 6. The molecule has 0 N–H and O–H groups in total. The van der Waals surface area contributed by atoms with Gasteiger partial charge >= 0.3 is 0 Å². The van der Waals surface area contributed by atoms with Crippen molar-refractivity contribution in [3.8, 4) is 0 Å². The van der Waals surface area contributed by atoms with Gasteiger partial charge in [0.05, 0.1) is 39.6 Å². The predicted molar refractivity (Wildman–Crippen MR) is 103 cm³/mol. The van der Waals surface area contributed by atoms with E-state index in [0.717, 1.165) is 49.4 Å². The average Bonchev–Trinajstić information content (AvgIpc) is 2.57. The quantitative estimate of drug-likeness (QED) is 0.691. The van der Waals surface area contributed by atoms with Gasteiger partial charge in [-0.05, 0) is 17.4 Å². The highest BCUT2D eigenvalue weighted by molar-refractivity contribution is 7.99. The molecule has 0 unspecified atom stereocenters. The summed E-state index contributed by atoms with van der Waals surface area (Å²) in [7, 11) is 0. The first-order valence-electron chi connectivity index (χ1n) is 7.95.